The van der Waals surface area contributed by atoms with Gasteiger partial charge in [0.2, 0.25) is 0 Å². The third-order valence-electron chi connectivity index (χ3n) is 6.65. The summed E-state index contributed by atoms with van der Waals surface area (Å²) in [7, 11) is 0. The summed E-state index contributed by atoms with van der Waals surface area (Å²) in [6.07, 6.45) is 6.85. The van der Waals surface area contributed by atoms with Crippen molar-refractivity contribution in [3.63, 3.8) is 0 Å². The summed E-state index contributed by atoms with van der Waals surface area (Å²) in [6.45, 7) is 3.02. The second-order valence-corrected chi connectivity index (χ2v) is 9.26. The second kappa shape index (κ2) is 10.7. The Balaban J connectivity index is 1.31. The van der Waals surface area contributed by atoms with Gasteiger partial charge in [-0.1, -0.05) is 31.0 Å². The van der Waals surface area contributed by atoms with Gasteiger partial charge < -0.3 is 10.1 Å². The zero-order valence-electron chi connectivity index (χ0n) is 20.4. The number of nitrogens with zero attached hydrogens (tertiary/aromatic N) is 3. The number of benzene rings is 2. The first kappa shape index (κ1) is 23.7. The first-order valence-electron chi connectivity index (χ1n) is 12.6. The first-order valence-corrected chi connectivity index (χ1v) is 12.6. The molecule has 1 aliphatic heterocycles. The van der Waals surface area contributed by atoms with E-state index in [0.29, 0.717) is 35.4 Å². The fraction of sp³-hybridized carbons (Fsp3) is 0.310. The summed E-state index contributed by atoms with van der Waals surface area (Å²) >= 11 is 0. The molecule has 1 atom stereocenters. The van der Waals surface area contributed by atoms with Crippen LogP contribution >= 0.6 is 0 Å². The number of carbonyl (C=O) groups is 1. The molecular formula is C29H30N4O3. The van der Waals surface area contributed by atoms with Crippen LogP contribution in [0.2, 0.25) is 0 Å². The van der Waals surface area contributed by atoms with Crippen LogP contribution < -0.4 is 15.6 Å². The van der Waals surface area contributed by atoms with E-state index in [9.17, 15) is 9.59 Å². The molecule has 1 unspecified atom stereocenters. The third-order valence-corrected chi connectivity index (χ3v) is 6.65. The van der Waals surface area contributed by atoms with E-state index >= 15 is 0 Å². The van der Waals surface area contributed by atoms with Crippen molar-refractivity contribution in [1.29, 1.82) is 0 Å². The number of pyridine rings is 1. The van der Waals surface area contributed by atoms with Gasteiger partial charge in [-0.05, 0) is 67.8 Å². The van der Waals surface area contributed by atoms with E-state index in [0.717, 1.165) is 49.2 Å². The molecule has 3 heterocycles. The van der Waals surface area contributed by atoms with Crippen molar-refractivity contribution in [2.24, 2.45) is 0 Å². The van der Waals surface area contributed by atoms with E-state index < -0.39 is 0 Å². The van der Waals surface area contributed by atoms with Crippen LogP contribution in [0.1, 0.15) is 66.1 Å². The van der Waals surface area contributed by atoms with Crippen molar-refractivity contribution in [3.05, 3.63) is 99.9 Å². The van der Waals surface area contributed by atoms with Gasteiger partial charge in [-0.15, -0.1) is 0 Å². The lowest BCUT2D eigenvalue weighted by Gasteiger charge is -2.17. The third kappa shape index (κ3) is 5.30. The van der Waals surface area contributed by atoms with E-state index in [1.54, 1.807) is 24.4 Å². The Kier molecular flexibility index (Phi) is 7.07. The van der Waals surface area contributed by atoms with Crippen molar-refractivity contribution < 1.29 is 9.53 Å². The fourth-order valence-corrected chi connectivity index (χ4v) is 4.61. The standard InChI is InChI=1S/C29H30N4O3/c1-20(21-9-8-11-24(17-21)36-19-23-10-5-6-15-30-23)31-28(34)22-13-14-25-26(18-22)32-27-12-4-2-3-7-16-33(27)29(25)35/h5-6,8-11,13-15,17-18,20H,2-4,7,12,16,19H2,1H3,(H,31,34). The number of carbonyl (C=O) groups excluding carboxylic acids is 1. The van der Waals surface area contributed by atoms with E-state index in [4.69, 9.17) is 9.72 Å². The highest BCUT2D eigenvalue weighted by Crippen LogP contribution is 2.21. The molecule has 1 N–H and O–H groups in total. The summed E-state index contributed by atoms with van der Waals surface area (Å²) in [5.74, 6) is 1.32. The number of aromatic nitrogens is 3. The summed E-state index contributed by atoms with van der Waals surface area (Å²) < 4.78 is 7.69. The largest absolute Gasteiger partial charge is 0.487 e. The van der Waals surface area contributed by atoms with Crippen LogP contribution in [-0.2, 0) is 19.6 Å². The molecule has 184 valence electrons. The van der Waals surface area contributed by atoms with Crippen LogP contribution in [0.25, 0.3) is 10.9 Å². The monoisotopic (exact) mass is 482 g/mol. The number of nitrogens with one attached hydrogen (secondary N) is 1. The van der Waals surface area contributed by atoms with Crippen molar-refractivity contribution in [3.8, 4) is 5.75 Å². The molecule has 2 aromatic heterocycles. The number of amides is 1. The SMILES string of the molecule is CC(NC(=O)c1ccc2c(=O)n3c(nc2c1)CCCCCC3)c1cccc(OCc2ccccn2)c1. The van der Waals surface area contributed by atoms with Gasteiger partial charge in [0.1, 0.15) is 18.2 Å². The average Bonchev–Trinajstić information content (AvgIpc) is 2.89. The van der Waals surface area contributed by atoms with Gasteiger partial charge in [-0.2, -0.15) is 0 Å². The Bertz CT molecular complexity index is 1430. The van der Waals surface area contributed by atoms with Crippen LogP contribution in [0.15, 0.2) is 71.7 Å². The molecule has 4 aromatic rings. The van der Waals surface area contributed by atoms with E-state index in [1.807, 2.05) is 54.0 Å². The molecule has 0 aliphatic carbocycles. The molecule has 7 heteroatoms. The minimum absolute atomic E-state index is 0.0141. The fourth-order valence-electron chi connectivity index (χ4n) is 4.61. The minimum Gasteiger partial charge on any atom is -0.487 e. The van der Waals surface area contributed by atoms with Crippen LogP contribution in [-0.4, -0.2) is 20.4 Å². The molecule has 1 amide bonds. The van der Waals surface area contributed by atoms with Crippen molar-refractivity contribution in [1.82, 2.24) is 19.9 Å². The molecule has 0 bridgehead atoms. The van der Waals surface area contributed by atoms with Gasteiger partial charge in [0.15, 0.2) is 0 Å². The Morgan fingerprint density at radius 1 is 1.06 bits per heavy atom. The maximum absolute atomic E-state index is 13.1. The zero-order chi connectivity index (χ0) is 24.9. The summed E-state index contributed by atoms with van der Waals surface area (Å²) in [5, 5.41) is 3.61. The predicted molar refractivity (Wildman–Crippen MR) is 139 cm³/mol. The Hall–Kier alpha value is -4.00. The molecule has 2 aromatic carbocycles. The topological polar surface area (TPSA) is 86.1 Å². The van der Waals surface area contributed by atoms with Gasteiger partial charge in [-0.25, -0.2) is 4.98 Å². The number of rotatable bonds is 6. The highest BCUT2D eigenvalue weighted by molar-refractivity contribution is 5.97. The summed E-state index contributed by atoms with van der Waals surface area (Å²) in [4.78, 5) is 35.2. The molecule has 0 saturated heterocycles. The Labute approximate surface area is 210 Å². The highest BCUT2D eigenvalue weighted by Gasteiger charge is 2.16. The van der Waals surface area contributed by atoms with Gasteiger partial charge in [-0.3, -0.25) is 19.1 Å². The lowest BCUT2D eigenvalue weighted by molar-refractivity contribution is 0.0940. The van der Waals surface area contributed by atoms with Crippen LogP contribution in [0, 0.1) is 0 Å². The normalized spacial score (nSPS) is 14.4. The molecule has 36 heavy (non-hydrogen) atoms. The highest BCUT2D eigenvalue weighted by atomic mass is 16.5. The number of hydrogen-bond acceptors (Lipinski definition) is 5. The molecule has 5 rings (SSSR count). The van der Waals surface area contributed by atoms with Crippen LogP contribution in [0.4, 0.5) is 0 Å². The van der Waals surface area contributed by atoms with Gasteiger partial charge in [0, 0.05) is 24.7 Å². The Morgan fingerprint density at radius 3 is 2.81 bits per heavy atom. The van der Waals surface area contributed by atoms with Crippen LogP contribution in [0.5, 0.6) is 5.75 Å². The van der Waals surface area contributed by atoms with Gasteiger partial charge in [0.05, 0.1) is 22.6 Å². The number of ether oxygens (including phenoxy) is 1. The molecular weight excluding hydrogens is 452 g/mol. The lowest BCUT2D eigenvalue weighted by Crippen LogP contribution is -2.28. The quantitative estimate of drug-likeness (QED) is 0.419. The van der Waals surface area contributed by atoms with Gasteiger partial charge >= 0.3 is 0 Å². The maximum Gasteiger partial charge on any atom is 0.261 e. The Morgan fingerprint density at radius 2 is 1.94 bits per heavy atom. The van der Waals surface area contributed by atoms with E-state index in [2.05, 4.69) is 10.3 Å². The molecule has 0 saturated carbocycles. The summed E-state index contributed by atoms with van der Waals surface area (Å²) in [5.41, 5.74) is 2.83. The predicted octanol–water partition coefficient (Wildman–Crippen LogP) is 4.98. The van der Waals surface area contributed by atoms with Crippen molar-refractivity contribution in [2.75, 3.05) is 0 Å². The van der Waals surface area contributed by atoms with Crippen molar-refractivity contribution in [2.45, 2.75) is 58.2 Å². The number of hydrogen-bond donors (Lipinski definition) is 1. The lowest BCUT2D eigenvalue weighted by atomic mass is 10.1. The van der Waals surface area contributed by atoms with Gasteiger partial charge in [0.25, 0.3) is 11.5 Å². The molecule has 1 aliphatic rings. The van der Waals surface area contributed by atoms with Crippen LogP contribution in [0.3, 0.4) is 0 Å². The van der Waals surface area contributed by atoms with Crippen molar-refractivity contribution >= 4 is 16.8 Å². The molecule has 0 fully saturated rings. The molecule has 7 nitrogen and oxygen atoms in total. The van der Waals surface area contributed by atoms with E-state index in [1.165, 1.54) is 0 Å². The smallest absolute Gasteiger partial charge is 0.261 e. The summed E-state index contributed by atoms with van der Waals surface area (Å²) in [6, 6.07) is 18.3. The molecule has 0 radical (unpaired) electrons. The second-order valence-electron chi connectivity index (χ2n) is 9.26. The maximum atomic E-state index is 13.1. The van der Waals surface area contributed by atoms with E-state index in [-0.39, 0.29) is 17.5 Å². The minimum atomic E-state index is -0.235. The first-order chi connectivity index (χ1) is 17.6. The average molecular weight is 483 g/mol. The number of aryl methyl sites for hydroxylation is 1. The zero-order valence-corrected chi connectivity index (χ0v) is 20.4. The molecule has 0 spiro atoms. The number of fused-ring (bicyclic) bond motifs is 2.